The SMILES string of the molecule is CCNC(=O)[C@H](C)N(Cc1ccc(Cl)cc1Cl)C(=O)CN(c1cccc(Cl)c1Cl)S(C)(=O)=O. The van der Waals surface area contributed by atoms with E-state index in [4.69, 9.17) is 46.4 Å². The Hall–Kier alpha value is -1.71. The Labute approximate surface area is 213 Å². The quantitative estimate of drug-likeness (QED) is 0.490. The number of carbonyl (C=O) groups is 2. The highest BCUT2D eigenvalue weighted by atomic mass is 35.5. The van der Waals surface area contributed by atoms with E-state index in [9.17, 15) is 18.0 Å². The number of benzene rings is 2. The van der Waals surface area contributed by atoms with Crippen LogP contribution in [-0.2, 0) is 26.2 Å². The van der Waals surface area contributed by atoms with Crippen LogP contribution >= 0.6 is 46.4 Å². The van der Waals surface area contributed by atoms with Gasteiger partial charge in [0, 0.05) is 23.1 Å². The lowest BCUT2D eigenvalue weighted by Gasteiger charge is -2.32. The van der Waals surface area contributed by atoms with Crippen LogP contribution in [-0.4, -0.2) is 50.5 Å². The minimum absolute atomic E-state index is 0.0125. The summed E-state index contributed by atoms with van der Waals surface area (Å²) >= 11 is 24.5. The van der Waals surface area contributed by atoms with Crippen molar-refractivity contribution in [3.63, 3.8) is 0 Å². The lowest BCUT2D eigenvalue weighted by molar-refractivity contribution is -0.139. The minimum atomic E-state index is -3.93. The average Bonchev–Trinajstić information content (AvgIpc) is 2.72. The second-order valence-corrected chi connectivity index (χ2v) is 10.7. The van der Waals surface area contributed by atoms with Crippen LogP contribution in [0.5, 0.6) is 0 Å². The molecule has 0 unspecified atom stereocenters. The molecule has 180 valence electrons. The molecule has 2 aromatic rings. The van der Waals surface area contributed by atoms with E-state index in [0.717, 1.165) is 10.6 Å². The fourth-order valence-corrected chi connectivity index (χ4v) is 4.79. The van der Waals surface area contributed by atoms with Crippen molar-refractivity contribution in [3.8, 4) is 0 Å². The van der Waals surface area contributed by atoms with Gasteiger partial charge in [-0.3, -0.25) is 13.9 Å². The topological polar surface area (TPSA) is 86.8 Å². The number of carbonyl (C=O) groups excluding carboxylic acids is 2. The Balaban J connectivity index is 2.46. The first-order valence-electron chi connectivity index (χ1n) is 9.79. The molecule has 0 heterocycles. The summed E-state index contributed by atoms with van der Waals surface area (Å²) in [6.45, 7) is 3.01. The van der Waals surface area contributed by atoms with Gasteiger partial charge in [0.1, 0.15) is 12.6 Å². The van der Waals surface area contributed by atoms with E-state index < -0.39 is 34.4 Å². The zero-order chi connectivity index (χ0) is 24.9. The second-order valence-electron chi connectivity index (χ2n) is 7.17. The minimum Gasteiger partial charge on any atom is -0.355 e. The molecular formula is C21H23Cl4N3O4S. The Bertz CT molecular complexity index is 1140. The summed E-state index contributed by atoms with van der Waals surface area (Å²) < 4.78 is 25.9. The lowest BCUT2D eigenvalue weighted by Crippen LogP contribution is -2.51. The number of amides is 2. The van der Waals surface area contributed by atoms with Gasteiger partial charge in [-0.15, -0.1) is 0 Å². The van der Waals surface area contributed by atoms with Gasteiger partial charge >= 0.3 is 0 Å². The van der Waals surface area contributed by atoms with Gasteiger partial charge in [0.2, 0.25) is 21.8 Å². The molecule has 2 rings (SSSR count). The first-order valence-corrected chi connectivity index (χ1v) is 13.2. The number of anilines is 1. The van der Waals surface area contributed by atoms with Crippen LogP contribution in [0, 0.1) is 0 Å². The number of hydrogen-bond donors (Lipinski definition) is 1. The molecule has 1 N–H and O–H groups in total. The molecule has 2 amide bonds. The number of rotatable bonds is 9. The third-order valence-corrected chi connectivity index (χ3v) is 7.28. The third-order valence-electron chi connectivity index (χ3n) is 4.75. The molecule has 0 radical (unpaired) electrons. The lowest BCUT2D eigenvalue weighted by atomic mass is 10.1. The molecule has 0 aromatic heterocycles. The van der Waals surface area contributed by atoms with E-state index in [1.54, 1.807) is 26.0 Å². The van der Waals surface area contributed by atoms with Crippen molar-refractivity contribution in [1.82, 2.24) is 10.2 Å². The predicted octanol–water partition coefficient (Wildman–Crippen LogP) is 4.62. The summed E-state index contributed by atoms with van der Waals surface area (Å²) in [5.74, 6) is -1.04. The molecule has 0 spiro atoms. The van der Waals surface area contributed by atoms with Crippen molar-refractivity contribution in [1.29, 1.82) is 0 Å². The van der Waals surface area contributed by atoms with E-state index >= 15 is 0 Å². The maximum absolute atomic E-state index is 13.4. The number of likely N-dealkylation sites (N-methyl/N-ethyl adjacent to an activating group) is 1. The zero-order valence-electron chi connectivity index (χ0n) is 18.1. The van der Waals surface area contributed by atoms with E-state index in [1.807, 2.05) is 0 Å². The van der Waals surface area contributed by atoms with Gasteiger partial charge in [0.25, 0.3) is 0 Å². The maximum Gasteiger partial charge on any atom is 0.244 e. The Morgan fingerprint density at radius 3 is 2.30 bits per heavy atom. The summed E-state index contributed by atoms with van der Waals surface area (Å²) in [4.78, 5) is 27.2. The smallest absolute Gasteiger partial charge is 0.244 e. The van der Waals surface area contributed by atoms with Crippen LogP contribution in [0.4, 0.5) is 5.69 Å². The van der Waals surface area contributed by atoms with E-state index in [2.05, 4.69) is 5.32 Å². The molecule has 0 aliphatic heterocycles. The standard InChI is InChI=1S/C21H23Cl4N3O4S/c1-4-26-21(30)13(2)27(11-14-8-9-15(22)10-17(14)24)19(29)12-28(33(3,31)32)18-7-5-6-16(23)20(18)25/h5-10,13H,4,11-12H2,1-3H3,(H,26,30)/t13-/m0/s1. The van der Waals surface area contributed by atoms with Crippen LogP contribution < -0.4 is 9.62 Å². The van der Waals surface area contributed by atoms with Gasteiger partial charge in [-0.25, -0.2) is 8.42 Å². The Kier molecular flexibility index (Phi) is 9.70. The molecule has 0 fully saturated rings. The normalized spacial score (nSPS) is 12.2. The molecule has 1 atom stereocenters. The second kappa shape index (κ2) is 11.6. The van der Waals surface area contributed by atoms with Crippen molar-refractivity contribution >= 4 is 73.9 Å². The molecule has 12 heteroatoms. The molecule has 2 aromatic carbocycles. The summed E-state index contributed by atoms with van der Waals surface area (Å²) in [6.07, 6.45) is 0.950. The molecule has 0 bridgehead atoms. The first-order chi connectivity index (χ1) is 15.4. The summed E-state index contributed by atoms with van der Waals surface area (Å²) in [5, 5.41) is 3.51. The Morgan fingerprint density at radius 1 is 1.06 bits per heavy atom. The fraction of sp³-hybridized carbons (Fsp3) is 0.333. The highest BCUT2D eigenvalue weighted by molar-refractivity contribution is 7.92. The first kappa shape index (κ1) is 27.5. The summed E-state index contributed by atoms with van der Waals surface area (Å²) in [5.41, 5.74) is 0.590. The molecule has 33 heavy (non-hydrogen) atoms. The highest BCUT2D eigenvalue weighted by Gasteiger charge is 2.31. The van der Waals surface area contributed by atoms with Crippen molar-refractivity contribution < 1.29 is 18.0 Å². The zero-order valence-corrected chi connectivity index (χ0v) is 22.0. The predicted molar refractivity (Wildman–Crippen MR) is 134 cm³/mol. The van der Waals surface area contributed by atoms with E-state index in [1.165, 1.54) is 29.2 Å². The van der Waals surface area contributed by atoms with Gasteiger partial charge in [-0.1, -0.05) is 58.5 Å². The molecule has 0 aliphatic rings. The highest BCUT2D eigenvalue weighted by Crippen LogP contribution is 2.34. The third kappa shape index (κ3) is 7.13. The number of nitrogens with zero attached hydrogens (tertiary/aromatic N) is 2. The average molecular weight is 555 g/mol. The monoisotopic (exact) mass is 553 g/mol. The largest absolute Gasteiger partial charge is 0.355 e. The van der Waals surface area contributed by atoms with Crippen LogP contribution in [0.1, 0.15) is 19.4 Å². The van der Waals surface area contributed by atoms with Crippen LogP contribution in [0.15, 0.2) is 36.4 Å². The van der Waals surface area contributed by atoms with Crippen molar-refractivity contribution in [3.05, 3.63) is 62.1 Å². The van der Waals surface area contributed by atoms with Crippen molar-refractivity contribution in [2.45, 2.75) is 26.4 Å². The Morgan fingerprint density at radius 2 is 1.73 bits per heavy atom. The maximum atomic E-state index is 13.4. The van der Waals surface area contributed by atoms with Crippen LogP contribution in [0.2, 0.25) is 20.1 Å². The number of sulfonamides is 1. The molecule has 0 saturated carbocycles. The number of hydrogen-bond acceptors (Lipinski definition) is 4. The van der Waals surface area contributed by atoms with Gasteiger partial charge in [0.15, 0.2) is 0 Å². The summed E-state index contributed by atoms with van der Waals surface area (Å²) in [6, 6.07) is 8.31. The summed E-state index contributed by atoms with van der Waals surface area (Å²) in [7, 11) is -3.93. The molecule has 0 saturated heterocycles. The fourth-order valence-electron chi connectivity index (χ4n) is 3.02. The van der Waals surface area contributed by atoms with Gasteiger partial charge in [-0.05, 0) is 43.7 Å². The van der Waals surface area contributed by atoms with Crippen molar-refractivity contribution in [2.24, 2.45) is 0 Å². The van der Waals surface area contributed by atoms with Gasteiger partial charge in [0.05, 0.1) is 22.0 Å². The van der Waals surface area contributed by atoms with Crippen LogP contribution in [0.25, 0.3) is 0 Å². The number of halogens is 4. The van der Waals surface area contributed by atoms with E-state index in [-0.39, 0.29) is 22.3 Å². The number of nitrogens with one attached hydrogen (secondary N) is 1. The molecular weight excluding hydrogens is 532 g/mol. The van der Waals surface area contributed by atoms with Crippen molar-refractivity contribution in [2.75, 3.05) is 23.7 Å². The molecule has 0 aliphatic carbocycles. The van der Waals surface area contributed by atoms with Gasteiger partial charge in [-0.2, -0.15) is 0 Å². The van der Waals surface area contributed by atoms with Gasteiger partial charge < -0.3 is 10.2 Å². The van der Waals surface area contributed by atoms with E-state index in [0.29, 0.717) is 22.2 Å². The van der Waals surface area contributed by atoms with Crippen LogP contribution in [0.3, 0.4) is 0 Å². The molecule has 7 nitrogen and oxygen atoms in total.